The Kier molecular flexibility index (Phi) is 6.65. The molecule has 4 rings (SSSR count). The van der Waals surface area contributed by atoms with Gasteiger partial charge in [0.2, 0.25) is 0 Å². The summed E-state index contributed by atoms with van der Waals surface area (Å²) in [4.78, 5) is 15.7. The lowest BCUT2D eigenvalue weighted by Crippen LogP contribution is -2.37. The van der Waals surface area contributed by atoms with Crippen molar-refractivity contribution in [1.29, 1.82) is 0 Å². The number of aromatic amines is 1. The highest BCUT2D eigenvalue weighted by molar-refractivity contribution is 5.83. The van der Waals surface area contributed by atoms with E-state index in [9.17, 15) is 0 Å². The standard InChI is InChI=1S/C24H33N5O/c1-4-18-16-22-21(8-10-25-22)27-23(18)19-6-7-20(17(2)3)28-24(19)26-9-5-11-29-12-14-30-15-13-29/h6-8,10,16-17,25H,4-5,9,11-15H2,1-3H3,(H,26,28). The van der Waals surface area contributed by atoms with Crippen molar-refractivity contribution in [2.45, 2.75) is 39.5 Å². The number of hydrogen-bond donors (Lipinski definition) is 2. The molecule has 6 heteroatoms. The van der Waals surface area contributed by atoms with Gasteiger partial charge in [-0.05, 0) is 55.1 Å². The van der Waals surface area contributed by atoms with Crippen molar-refractivity contribution in [3.05, 3.63) is 41.7 Å². The third-order valence-corrected chi connectivity index (χ3v) is 5.80. The Bertz CT molecular complexity index is 975. The molecule has 0 amide bonds. The Hall–Kier alpha value is -2.44. The molecule has 0 saturated carbocycles. The van der Waals surface area contributed by atoms with Crippen LogP contribution >= 0.6 is 0 Å². The van der Waals surface area contributed by atoms with E-state index >= 15 is 0 Å². The largest absolute Gasteiger partial charge is 0.379 e. The molecule has 0 aliphatic carbocycles. The lowest BCUT2D eigenvalue weighted by Gasteiger charge is -2.26. The lowest BCUT2D eigenvalue weighted by molar-refractivity contribution is 0.0378. The smallest absolute Gasteiger partial charge is 0.135 e. The molecule has 3 aromatic rings. The number of rotatable bonds is 8. The van der Waals surface area contributed by atoms with Crippen LogP contribution in [0.5, 0.6) is 0 Å². The zero-order valence-corrected chi connectivity index (χ0v) is 18.4. The molecule has 0 aromatic carbocycles. The fraction of sp³-hybridized carbons (Fsp3) is 0.500. The average molecular weight is 408 g/mol. The first kappa shape index (κ1) is 20.8. The number of ether oxygens (including phenoxy) is 1. The molecule has 30 heavy (non-hydrogen) atoms. The van der Waals surface area contributed by atoms with Crippen LogP contribution in [0.1, 0.15) is 44.4 Å². The normalized spacial score (nSPS) is 15.2. The molecule has 1 aliphatic heterocycles. The number of H-pyrrole nitrogens is 1. The summed E-state index contributed by atoms with van der Waals surface area (Å²) in [6.45, 7) is 12.3. The maximum absolute atomic E-state index is 5.45. The van der Waals surface area contributed by atoms with Gasteiger partial charge < -0.3 is 15.0 Å². The number of fused-ring (bicyclic) bond motifs is 1. The highest BCUT2D eigenvalue weighted by Gasteiger charge is 2.16. The van der Waals surface area contributed by atoms with Crippen molar-refractivity contribution >= 4 is 16.9 Å². The summed E-state index contributed by atoms with van der Waals surface area (Å²) in [6.07, 6.45) is 3.96. The topological polar surface area (TPSA) is 66.1 Å². The molecular formula is C24H33N5O. The summed E-state index contributed by atoms with van der Waals surface area (Å²) in [7, 11) is 0. The summed E-state index contributed by atoms with van der Waals surface area (Å²) in [6, 6.07) is 8.58. The maximum Gasteiger partial charge on any atom is 0.135 e. The Morgan fingerprint density at radius 2 is 2.00 bits per heavy atom. The van der Waals surface area contributed by atoms with Crippen molar-refractivity contribution in [2.24, 2.45) is 0 Å². The Morgan fingerprint density at radius 1 is 1.17 bits per heavy atom. The Morgan fingerprint density at radius 3 is 2.77 bits per heavy atom. The zero-order valence-electron chi connectivity index (χ0n) is 18.4. The third-order valence-electron chi connectivity index (χ3n) is 5.80. The predicted molar refractivity (Wildman–Crippen MR) is 123 cm³/mol. The van der Waals surface area contributed by atoms with Crippen LogP contribution in [0.25, 0.3) is 22.3 Å². The molecule has 1 fully saturated rings. The monoisotopic (exact) mass is 407 g/mol. The number of pyridine rings is 2. The van der Waals surface area contributed by atoms with E-state index in [1.807, 2.05) is 12.3 Å². The van der Waals surface area contributed by atoms with Gasteiger partial charge in [0.25, 0.3) is 0 Å². The second-order valence-corrected chi connectivity index (χ2v) is 8.28. The van der Waals surface area contributed by atoms with Crippen LogP contribution in [0.3, 0.4) is 0 Å². The Labute approximate surface area is 179 Å². The van der Waals surface area contributed by atoms with Crippen molar-refractivity contribution in [3.8, 4) is 11.3 Å². The number of nitrogens with one attached hydrogen (secondary N) is 2. The molecule has 0 unspecified atom stereocenters. The number of aromatic nitrogens is 3. The highest BCUT2D eigenvalue weighted by Crippen LogP contribution is 2.32. The van der Waals surface area contributed by atoms with Gasteiger partial charge in [-0.25, -0.2) is 9.97 Å². The van der Waals surface area contributed by atoms with E-state index in [2.05, 4.69) is 54.2 Å². The summed E-state index contributed by atoms with van der Waals surface area (Å²) in [5.41, 5.74) is 6.54. The van der Waals surface area contributed by atoms with E-state index in [0.717, 1.165) is 86.0 Å². The Balaban J connectivity index is 1.58. The van der Waals surface area contributed by atoms with Gasteiger partial charge in [0.05, 0.1) is 29.9 Å². The van der Waals surface area contributed by atoms with Crippen molar-refractivity contribution < 1.29 is 4.74 Å². The number of hydrogen-bond acceptors (Lipinski definition) is 5. The van der Waals surface area contributed by atoms with Crippen molar-refractivity contribution in [1.82, 2.24) is 19.9 Å². The number of anilines is 1. The first-order chi connectivity index (χ1) is 14.7. The molecule has 0 spiro atoms. The van der Waals surface area contributed by atoms with Gasteiger partial charge in [-0.3, -0.25) is 4.90 Å². The first-order valence-electron chi connectivity index (χ1n) is 11.2. The van der Waals surface area contributed by atoms with Gasteiger partial charge in [0, 0.05) is 37.1 Å². The molecule has 4 heterocycles. The van der Waals surface area contributed by atoms with Crippen LogP contribution in [-0.4, -0.2) is 59.2 Å². The van der Waals surface area contributed by atoms with Crippen molar-refractivity contribution in [3.63, 3.8) is 0 Å². The highest BCUT2D eigenvalue weighted by atomic mass is 16.5. The van der Waals surface area contributed by atoms with E-state index in [1.54, 1.807) is 0 Å². The fourth-order valence-electron chi connectivity index (χ4n) is 3.98. The molecule has 0 radical (unpaired) electrons. The third kappa shape index (κ3) is 4.65. The molecule has 0 bridgehead atoms. The van der Waals surface area contributed by atoms with Gasteiger partial charge in [-0.15, -0.1) is 0 Å². The zero-order chi connectivity index (χ0) is 20.9. The van der Waals surface area contributed by atoms with E-state index in [1.165, 1.54) is 5.56 Å². The maximum atomic E-state index is 5.45. The SMILES string of the molecule is CCc1cc2[nH]ccc2nc1-c1ccc(C(C)C)nc1NCCCN1CCOCC1. The van der Waals surface area contributed by atoms with Crippen LogP contribution < -0.4 is 5.32 Å². The summed E-state index contributed by atoms with van der Waals surface area (Å²) in [5.74, 6) is 1.33. The minimum atomic E-state index is 0.388. The average Bonchev–Trinajstić information content (AvgIpc) is 3.24. The van der Waals surface area contributed by atoms with E-state index in [-0.39, 0.29) is 0 Å². The first-order valence-corrected chi connectivity index (χ1v) is 11.2. The van der Waals surface area contributed by atoms with Gasteiger partial charge in [0.15, 0.2) is 0 Å². The summed E-state index contributed by atoms with van der Waals surface area (Å²) >= 11 is 0. The number of aryl methyl sites for hydroxylation is 1. The molecule has 3 aromatic heterocycles. The quantitative estimate of drug-likeness (QED) is 0.540. The second kappa shape index (κ2) is 9.58. The van der Waals surface area contributed by atoms with Gasteiger partial charge in [-0.1, -0.05) is 20.8 Å². The minimum absolute atomic E-state index is 0.388. The molecule has 1 saturated heterocycles. The molecule has 2 N–H and O–H groups in total. The molecule has 1 aliphatic rings. The van der Waals surface area contributed by atoms with E-state index in [0.29, 0.717) is 5.92 Å². The van der Waals surface area contributed by atoms with Crippen molar-refractivity contribution in [2.75, 3.05) is 44.7 Å². The fourth-order valence-corrected chi connectivity index (χ4v) is 3.98. The summed E-state index contributed by atoms with van der Waals surface area (Å²) < 4.78 is 5.45. The second-order valence-electron chi connectivity index (χ2n) is 8.28. The van der Waals surface area contributed by atoms with Crippen LogP contribution in [-0.2, 0) is 11.2 Å². The van der Waals surface area contributed by atoms with E-state index < -0.39 is 0 Å². The predicted octanol–water partition coefficient (Wildman–Crippen LogP) is 4.44. The number of nitrogens with zero attached hydrogens (tertiary/aromatic N) is 3. The van der Waals surface area contributed by atoms with Crippen LogP contribution in [0, 0.1) is 0 Å². The van der Waals surface area contributed by atoms with Gasteiger partial charge >= 0.3 is 0 Å². The summed E-state index contributed by atoms with van der Waals surface area (Å²) in [5, 5.41) is 3.62. The molecule has 160 valence electrons. The van der Waals surface area contributed by atoms with Gasteiger partial charge in [0.1, 0.15) is 5.82 Å². The van der Waals surface area contributed by atoms with Crippen LogP contribution in [0.2, 0.25) is 0 Å². The van der Waals surface area contributed by atoms with Crippen LogP contribution in [0.4, 0.5) is 5.82 Å². The molecule has 6 nitrogen and oxygen atoms in total. The number of morpholine rings is 1. The lowest BCUT2D eigenvalue weighted by atomic mass is 10.0. The molecule has 0 atom stereocenters. The van der Waals surface area contributed by atoms with E-state index in [4.69, 9.17) is 14.7 Å². The molecular weight excluding hydrogens is 374 g/mol. The van der Waals surface area contributed by atoms with Crippen LogP contribution in [0.15, 0.2) is 30.5 Å². The minimum Gasteiger partial charge on any atom is -0.379 e. The van der Waals surface area contributed by atoms with Gasteiger partial charge in [-0.2, -0.15) is 0 Å².